The molecule has 2 aromatic heterocycles. The van der Waals surface area contributed by atoms with E-state index in [0.29, 0.717) is 11.6 Å². The number of hydrogen-bond donors (Lipinski definition) is 1. The van der Waals surface area contributed by atoms with Gasteiger partial charge in [-0.2, -0.15) is 0 Å². The first kappa shape index (κ1) is 15.1. The highest BCUT2D eigenvalue weighted by Crippen LogP contribution is 2.43. The van der Waals surface area contributed by atoms with E-state index in [1.54, 1.807) is 6.20 Å². The lowest BCUT2D eigenvalue weighted by Crippen LogP contribution is -2.23. The van der Waals surface area contributed by atoms with Gasteiger partial charge in [-0.25, -0.2) is 9.97 Å². The Bertz CT molecular complexity index is 798. The summed E-state index contributed by atoms with van der Waals surface area (Å²) in [5, 5.41) is 3.06. The maximum Gasteiger partial charge on any atom is 0.259 e. The summed E-state index contributed by atoms with van der Waals surface area (Å²) in [6, 6.07) is 4.32. The van der Waals surface area contributed by atoms with Gasteiger partial charge in [0.05, 0.1) is 11.3 Å². The molecule has 5 nitrogen and oxygen atoms in total. The Morgan fingerprint density at radius 3 is 2.88 bits per heavy atom. The maximum atomic E-state index is 12.8. The number of aromatic nitrogens is 2. The van der Waals surface area contributed by atoms with Gasteiger partial charge in [0.15, 0.2) is 5.82 Å². The van der Waals surface area contributed by atoms with Crippen LogP contribution in [0.25, 0.3) is 0 Å². The van der Waals surface area contributed by atoms with Crippen LogP contribution in [0.2, 0.25) is 0 Å². The topological polar surface area (TPSA) is 58.1 Å². The summed E-state index contributed by atoms with van der Waals surface area (Å²) in [4.78, 5) is 24.2. The number of unbranched alkanes of at least 4 members (excludes halogenated alkanes) is 1. The van der Waals surface area contributed by atoms with E-state index in [0.717, 1.165) is 60.6 Å². The molecule has 5 heteroatoms. The minimum absolute atomic E-state index is 0.0867. The lowest BCUT2D eigenvalue weighted by atomic mass is 10.1. The fraction of sp³-hybridized carbons (Fsp3) is 0.421. The molecule has 0 unspecified atom stereocenters. The molecule has 0 saturated heterocycles. The second-order valence-corrected chi connectivity index (χ2v) is 6.70. The Kier molecular flexibility index (Phi) is 3.71. The maximum absolute atomic E-state index is 12.8. The average Bonchev–Trinajstić information content (AvgIpc) is 3.41. The van der Waals surface area contributed by atoms with Crippen molar-refractivity contribution in [3.05, 3.63) is 41.2 Å². The number of hydrogen-bond acceptors (Lipinski definition) is 4. The molecule has 1 aliphatic carbocycles. The van der Waals surface area contributed by atoms with E-state index in [1.807, 2.05) is 25.3 Å². The molecule has 1 fully saturated rings. The molecular weight excluding hydrogens is 300 g/mol. The summed E-state index contributed by atoms with van der Waals surface area (Å²) in [5.74, 6) is 1.47. The number of nitrogens with one attached hydrogen (secondary N) is 1. The summed E-state index contributed by atoms with van der Waals surface area (Å²) >= 11 is 0. The van der Waals surface area contributed by atoms with E-state index in [9.17, 15) is 4.79 Å². The number of pyridine rings is 2. The Balaban J connectivity index is 1.84. The zero-order chi connectivity index (χ0) is 16.7. The molecule has 1 N–H and O–H groups in total. The number of anilines is 3. The number of fused-ring (bicyclic) bond motifs is 2. The number of rotatable bonds is 4. The largest absolute Gasteiger partial charge is 0.318 e. The number of carbonyl (C=O) groups excluding carboxylic acids is 1. The Morgan fingerprint density at radius 2 is 2.12 bits per heavy atom. The Labute approximate surface area is 142 Å². The van der Waals surface area contributed by atoms with Crippen LogP contribution in [0.1, 0.15) is 54.1 Å². The normalized spacial score (nSPS) is 16.2. The Morgan fingerprint density at radius 1 is 1.29 bits per heavy atom. The zero-order valence-corrected chi connectivity index (χ0v) is 14.2. The van der Waals surface area contributed by atoms with E-state index in [1.165, 1.54) is 0 Å². The van der Waals surface area contributed by atoms with Crippen molar-refractivity contribution in [3.63, 3.8) is 0 Å². The van der Waals surface area contributed by atoms with Crippen LogP contribution in [-0.4, -0.2) is 21.9 Å². The quantitative estimate of drug-likeness (QED) is 0.924. The van der Waals surface area contributed by atoms with Crippen LogP contribution in [0.3, 0.4) is 0 Å². The molecule has 0 spiro atoms. The van der Waals surface area contributed by atoms with Crippen molar-refractivity contribution in [1.82, 2.24) is 9.97 Å². The summed E-state index contributed by atoms with van der Waals surface area (Å²) in [7, 11) is 0. The molecule has 2 aromatic rings. The van der Waals surface area contributed by atoms with Gasteiger partial charge in [-0.05, 0) is 55.9 Å². The van der Waals surface area contributed by atoms with Crippen molar-refractivity contribution in [1.29, 1.82) is 0 Å². The molecule has 4 rings (SSSR count). The summed E-state index contributed by atoms with van der Waals surface area (Å²) in [6.45, 7) is 4.17. The Hall–Kier alpha value is -2.43. The first-order valence-corrected chi connectivity index (χ1v) is 8.74. The molecule has 2 aliphatic rings. The van der Waals surface area contributed by atoms with Gasteiger partial charge in [-0.15, -0.1) is 0 Å². The molecule has 1 aliphatic heterocycles. The van der Waals surface area contributed by atoms with Crippen LogP contribution in [0.4, 0.5) is 17.3 Å². The van der Waals surface area contributed by atoms with Crippen molar-refractivity contribution in [2.24, 2.45) is 0 Å². The average molecular weight is 322 g/mol. The van der Waals surface area contributed by atoms with E-state index < -0.39 is 0 Å². The van der Waals surface area contributed by atoms with E-state index in [2.05, 4.69) is 27.1 Å². The summed E-state index contributed by atoms with van der Waals surface area (Å²) < 4.78 is 0. The van der Waals surface area contributed by atoms with Gasteiger partial charge in [0.25, 0.3) is 5.91 Å². The van der Waals surface area contributed by atoms with Crippen LogP contribution in [0, 0.1) is 6.92 Å². The molecule has 1 saturated carbocycles. The SMILES string of the molecule is CCCCc1cnc2c(c1)C(=O)Nc1c(C)ccnc1N2C1CC1. The number of aryl methyl sites for hydroxylation is 2. The van der Waals surface area contributed by atoms with Gasteiger partial charge >= 0.3 is 0 Å². The first-order valence-electron chi connectivity index (χ1n) is 8.74. The molecule has 1 amide bonds. The fourth-order valence-electron chi connectivity index (χ4n) is 3.22. The minimum Gasteiger partial charge on any atom is -0.318 e. The smallest absolute Gasteiger partial charge is 0.259 e. The van der Waals surface area contributed by atoms with Gasteiger partial charge in [0.1, 0.15) is 5.82 Å². The lowest BCUT2D eigenvalue weighted by molar-refractivity contribution is 0.102. The van der Waals surface area contributed by atoms with Gasteiger partial charge in [0, 0.05) is 18.4 Å². The van der Waals surface area contributed by atoms with E-state index in [-0.39, 0.29) is 5.91 Å². The molecule has 0 atom stereocenters. The van der Waals surface area contributed by atoms with E-state index >= 15 is 0 Å². The van der Waals surface area contributed by atoms with Crippen molar-refractivity contribution < 1.29 is 4.79 Å². The lowest BCUT2D eigenvalue weighted by Gasteiger charge is -2.24. The number of nitrogens with zero attached hydrogens (tertiary/aromatic N) is 3. The highest BCUT2D eigenvalue weighted by atomic mass is 16.1. The third-order valence-electron chi connectivity index (χ3n) is 4.73. The molecule has 0 radical (unpaired) electrons. The minimum atomic E-state index is -0.0867. The molecule has 124 valence electrons. The zero-order valence-electron chi connectivity index (χ0n) is 14.2. The predicted octanol–water partition coefficient (Wildman–Crippen LogP) is 3.99. The van der Waals surface area contributed by atoms with Crippen LogP contribution in [0.5, 0.6) is 0 Å². The number of amides is 1. The van der Waals surface area contributed by atoms with Crippen molar-refractivity contribution in [2.45, 2.75) is 52.0 Å². The third kappa shape index (κ3) is 2.54. The first-order chi connectivity index (χ1) is 11.7. The van der Waals surface area contributed by atoms with Crippen molar-refractivity contribution in [2.75, 3.05) is 10.2 Å². The van der Waals surface area contributed by atoms with Crippen LogP contribution < -0.4 is 10.2 Å². The highest BCUT2D eigenvalue weighted by Gasteiger charge is 2.38. The summed E-state index contributed by atoms with van der Waals surface area (Å²) in [5.41, 5.74) is 3.62. The van der Waals surface area contributed by atoms with Crippen LogP contribution >= 0.6 is 0 Å². The second kappa shape index (κ2) is 5.89. The highest BCUT2D eigenvalue weighted by molar-refractivity contribution is 6.12. The standard InChI is InChI=1S/C19H22N4O/c1-3-4-5-13-10-15-17(21-11-13)23(14-6-7-14)18-16(22-19(15)24)12(2)8-9-20-18/h8-11,14H,3-7H2,1-2H3,(H,22,24). The molecule has 0 aromatic carbocycles. The number of carbonyl (C=O) groups is 1. The molecule has 24 heavy (non-hydrogen) atoms. The van der Waals surface area contributed by atoms with Gasteiger partial charge in [0.2, 0.25) is 0 Å². The molecular formula is C19H22N4O. The van der Waals surface area contributed by atoms with Crippen molar-refractivity contribution in [3.8, 4) is 0 Å². The second-order valence-electron chi connectivity index (χ2n) is 6.70. The van der Waals surface area contributed by atoms with Gasteiger partial charge in [-0.1, -0.05) is 13.3 Å². The van der Waals surface area contributed by atoms with Crippen molar-refractivity contribution >= 4 is 23.2 Å². The fourth-order valence-corrected chi connectivity index (χ4v) is 3.22. The van der Waals surface area contributed by atoms with E-state index in [4.69, 9.17) is 0 Å². The molecule has 3 heterocycles. The monoisotopic (exact) mass is 322 g/mol. The third-order valence-corrected chi connectivity index (χ3v) is 4.73. The van der Waals surface area contributed by atoms with Crippen LogP contribution in [-0.2, 0) is 6.42 Å². The van der Waals surface area contributed by atoms with Gasteiger partial charge in [-0.3, -0.25) is 4.79 Å². The van der Waals surface area contributed by atoms with Gasteiger partial charge < -0.3 is 10.2 Å². The molecule has 0 bridgehead atoms. The van der Waals surface area contributed by atoms with Crippen LogP contribution in [0.15, 0.2) is 24.5 Å². The summed E-state index contributed by atoms with van der Waals surface area (Å²) in [6.07, 6.45) is 9.14. The predicted molar refractivity (Wildman–Crippen MR) is 94.9 cm³/mol.